The molecule has 0 radical (unpaired) electrons. The maximum atomic E-state index is 11.6. The number of carbonyl (C=O) groups is 1. The molecule has 0 heterocycles. The molecule has 0 aliphatic carbocycles. The summed E-state index contributed by atoms with van der Waals surface area (Å²) in [6.45, 7) is 12.7. The van der Waals surface area contributed by atoms with Gasteiger partial charge in [-0.1, -0.05) is 45.0 Å². The number of carbonyl (C=O) groups excluding carboxylic acids is 1. The first-order valence-corrected chi connectivity index (χ1v) is 7.24. The van der Waals surface area contributed by atoms with Gasteiger partial charge in [-0.15, -0.1) is 0 Å². The van der Waals surface area contributed by atoms with Crippen LogP contribution in [0.15, 0.2) is 24.3 Å². The summed E-state index contributed by atoms with van der Waals surface area (Å²) in [7, 11) is 0. The van der Waals surface area contributed by atoms with E-state index in [-0.39, 0.29) is 6.09 Å². The van der Waals surface area contributed by atoms with Crippen LogP contribution >= 0.6 is 0 Å². The summed E-state index contributed by atoms with van der Waals surface area (Å²) < 4.78 is 5.20. The number of ether oxygens (including phenoxy) is 1. The molecular weight excluding hydrogens is 250 g/mol. The van der Waals surface area contributed by atoms with Crippen LogP contribution in [0.25, 0.3) is 0 Å². The molecule has 3 heteroatoms. The highest BCUT2D eigenvalue weighted by atomic mass is 16.6. The van der Waals surface area contributed by atoms with Crippen molar-refractivity contribution >= 4 is 6.09 Å². The lowest BCUT2D eigenvalue weighted by Crippen LogP contribution is -2.32. The lowest BCUT2D eigenvalue weighted by atomic mass is 9.90. The molecule has 0 saturated carbocycles. The van der Waals surface area contributed by atoms with Crippen LogP contribution in [-0.2, 0) is 11.3 Å². The zero-order chi connectivity index (χ0) is 15.3. The minimum absolute atomic E-state index is 0.378. The average Bonchev–Trinajstić information content (AvgIpc) is 2.34. The number of alkyl carbamates (subject to hydrolysis) is 1. The highest BCUT2D eigenvalue weighted by Crippen LogP contribution is 2.23. The van der Waals surface area contributed by atoms with Crippen LogP contribution in [0.5, 0.6) is 0 Å². The molecule has 1 rings (SSSR count). The van der Waals surface area contributed by atoms with Crippen molar-refractivity contribution in [3.63, 3.8) is 0 Å². The predicted octanol–water partition coefficient (Wildman–Crippen LogP) is 4.47. The number of benzene rings is 1. The van der Waals surface area contributed by atoms with Gasteiger partial charge in [0.1, 0.15) is 5.60 Å². The van der Waals surface area contributed by atoms with Gasteiger partial charge in [0.25, 0.3) is 0 Å². The minimum atomic E-state index is -0.458. The van der Waals surface area contributed by atoms with Crippen LogP contribution < -0.4 is 5.32 Å². The quantitative estimate of drug-likeness (QED) is 0.881. The van der Waals surface area contributed by atoms with Crippen molar-refractivity contribution in [2.45, 2.75) is 59.6 Å². The van der Waals surface area contributed by atoms with Gasteiger partial charge in [0, 0.05) is 6.54 Å². The van der Waals surface area contributed by atoms with E-state index in [1.807, 2.05) is 20.8 Å². The third kappa shape index (κ3) is 5.64. The maximum absolute atomic E-state index is 11.6. The van der Waals surface area contributed by atoms with Gasteiger partial charge in [0.15, 0.2) is 0 Å². The summed E-state index contributed by atoms with van der Waals surface area (Å²) in [5, 5.41) is 2.77. The normalized spacial score (nSPS) is 13.2. The Balaban J connectivity index is 2.52. The average molecular weight is 277 g/mol. The molecule has 1 aromatic rings. The van der Waals surface area contributed by atoms with Crippen LogP contribution in [-0.4, -0.2) is 11.7 Å². The van der Waals surface area contributed by atoms with Gasteiger partial charge in [0.05, 0.1) is 0 Å². The number of amides is 1. The second kappa shape index (κ2) is 6.78. The van der Waals surface area contributed by atoms with E-state index in [4.69, 9.17) is 4.74 Å². The van der Waals surface area contributed by atoms with Gasteiger partial charge in [-0.05, 0) is 43.7 Å². The number of nitrogens with one attached hydrogen (secondary N) is 1. The molecule has 0 aromatic heterocycles. The molecular formula is C17H27NO2. The van der Waals surface area contributed by atoms with E-state index in [0.717, 1.165) is 5.56 Å². The van der Waals surface area contributed by atoms with Gasteiger partial charge in [0.2, 0.25) is 0 Å². The zero-order valence-electron chi connectivity index (χ0n) is 13.5. The molecule has 1 aromatic carbocycles. The standard InChI is InChI=1S/C17H27NO2/c1-12(2)13(3)15-9-7-14(8-10-15)11-18-16(19)20-17(4,5)6/h7-10,12-13H,11H2,1-6H3,(H,18,19). The Hall–Kier alpha value is -1.51. The number of rotatable bonds is 4. The Labute approximate surface area is 122 Å². The molecule has 1 atom stereocenters. The summed E-state index contributed by atoms with van der Waals surface area (Å²) in [5.74, 6) is 1.17. The van der Waals surface area contributed by atoms with E-state index in [1.165, 1.54) is 5.56 Å². The Morgan fingerprint density at radius 2 is 1.70 bits per heavy atom. The third-order valence-corrected chi connectivity index (χ3v) is 3.34. The van der Waals surface area contributed by atoms with Gasteiger partial charge in [-0.2, -0.15) is 0 Å². The molecule has 3 nitrogen and oxygen atoms in total. The Morgan fingerprint density at radius 3 is 2.15 bits per heavy atom. The van der Waals surface area contributed by atoms with Crippen LogP contribution in [0.2, 0.25) is 0 Å². The number of hydrogen-bond donors (Lipinski definition) is 1. The summed E-state index contributed by atoms with van der Waals surface area (Å²) in [4.78, 5) is 11.6. The number of hydrogen-bond acceptors (Lipinski definition) is 2. The first-order chi connectivity index (χ1) is 9.19. The van der Waals surface area contributed by atoms with Crippen LogP contribution in [0.4, 0.5) is 4.79 Å². The lowest BCUT2D eigenvalue weighted by Gasteiger charge is -2.20. The summed E-state index contributed by atoms with van der Waals surface area (Å²) in [6, 6.07) is 8.39. The first-order valence-electron chi connectivity index (χ1n) is 7.24. The van der Waals surface area contributed by atoms with E-state index >= 15 is 0 Å². The highest BCUT2D eigenvalue weighted by Gasteiger charge is 2.15. The maximum Gasteiger partial charge on any atom is 0.407 e. The minimum Gasteiger partial charge on any atom is -0.444 e. The molecule has 1 amide bonds. The first kappa shape index (κ1) is 16.5. The largest absolute Gasteiger partial charge is 0.444 e. The van der Waals surface area contributed by atoms with Gasteiger partial charge < -0.3 is 10.1 Å². The summed E-state index contributed by atoms with van der Waals surface area (Å²) in [6.07, 6.45) is -0.378. The second-order valence-corrected chi connectivity index (χ2v) is 6.63. The molecule has 1 N–H and O–H groups in total. The van der Waals surface area contributed by atoms with Crippen molar-refractivity contribution in [3.8, 4) is 0 Å². The van der Waals surface area contributed by atoms with Gasteiger partial charge >= 0.3 is 6.09 Å². The van der Waals surface area contributed by atoms with Crippen molar-refractivity contribution in [2.24, 2.45) is 5.92 Å². The predicted molar refractivity (Wildman–Crippen MR) is 82.8 cm³/mol. The smallest absolute Gasteiger partial charge is 0.407 e. The lowest BCUT2D eigenvalue weighted by molar-refractivity contribution is 0.0523. The molecule has 0 fully saturated rings. The van der Waals surface area contributed by atoms with Crippen LogP contribution in [0.1, 0.15) is 58.6 Å². The van der Waals surface area contributed by atoms with Crippen molar-refractivity contribution in [1.29, 1.82) is 0 Å². The molecule has 0 spiro atoms. The third-order valence-electron chi connectivity index (χ3n) is 3.34. The summed E-state index contributed by atoms with van der Waals surface area (Å²) >= 11 is 0. The van der Waals surface area contributed by atoms with E-state index in [1.54, 1.807) is 0 Å². The SMILES string of the molecule is CC(C)C(C)c1ccc(CNC(=O)OC(C)(C)C)cc1. The van der Waals surface area contributed by atoms with Crippen molar-refractivity contribution in [2.75, 3.05) is 0 Å². The molecule has 20 heavy (non-hydrogen) atoms. The molecule has 0 aliphatic heterocycles. The fourth-order valence-electron chi connectivity index (χ4n) is 1.81. The van der Waals surface area contributed by atoms with E-state index in [2.05, 4.69) is 50.4 Å². The summed E-state index contributed by atoms with van der Waals surface area (Å²) in [5.41, 5.74) is 1.96. The molecule has 0 bridgehead atoms. The van der Waals surface area contributed by atoms with Crippen molar-refractivity contribution in [1.82, 2.24) is 5.32 Å². The fraction of sp³-hybridized carbons (Fsp3) is 0.588. The Bertz CT molecular complexity index is 429. The molecule has 0 aliphatic rings. The molecule has 0 saturated heterocycles. The van der Waals surface area contributed by atoms with E-state index in [0.29, 0.717) is 18.4 Å². The van der Waals surface area contributed by atoms with Crippen LogP contribution in [0, 0.1) is 5.92 Å². The van der Waals surface area contributed by atoms with Crippen molar-refractivity contribution in [3.05, 3.63) is 35.4 Å². The van der Waals surface area contributed by atoms with E-state index < -0.39 is 5.60 Å². The monoisotopic (exact) mass is 277 g/mol. The topological polar surface area (TPSA) is 38.3 Å². The highest BCUT2D eigenvalue weighted by molar-refractivity contribution is 5.67. The van der Waals surface area contributed by atoms with Gasteiger partial charge in [-0.3, -0.25) is 0 Å². The molecule has 1 unspecified atom stereocenters. The van der Waals surface area contributed by atoms with Crippen LogP contribution in [0.3, 0.4) is 0 Å². The molecule has 112 valence electrons. The van der Waals surface area contributed by atoms with Crippen molar-refractivity contribution < 1.29 is 9.53 Å². The zero-order valence-corrected chi connectivity index (χ0v) is 13.5. The Kier molecular flexibility index (Phi) is 5.61. The second-order valence-electron chi connectivity index (χ2n) is 6.63. The van der Waals surface area contributed by atoms with E-state index in [9.17, 15) is 4.79 Å². The fourth-order valence-corrected chi connectivity index (χ4v) is 1.81. The van der Waals surface area contributed by atoms with Gasteiger partial charge in [-0.25, -0.2) is 4.79 Å². The Morgan fingerprint density at radius 1 is 1.15 bits per heavy atom.